The Labute approximate surface area is 101 Å². The van der Waals surface area contributed by atoms with Crippen molar-refractivity contribution in [3.8, 4) is 0 Å². The Morgan fingerprint density at radius 1 is 1.35 bits per heavy atom. The first-order valence-corrected chi connectivity index (χ1v) is 6.00. The van der Waals surface area contributed by atoms with Gasteiger partial charge in [0.2, 0.25) is 0 Å². The molecule has 1 aromatic rings. The zero-order valence-corrected chi connectivity index (χ0v) is 10.1. The van der Waals surface area contributed by atoms with E-state index in [9.17, 15) is 5.11 Å². The number of hydrogen-bond donors (Lipinski definition) is 2. The normalized spacial score (nSPS) is 25.7. The van der Waals surface area contributed by atoms with Crippen LogP contribution < -0.4 is 4.90 Å². The Bertz CT molecular complexity index is 382. The summed E-state index contributed by atoms with van der Waals surface area (Å²) in [5, 5.41) is 19.1. The van der Waals surface area contributed by atoms with Crippen LogP contribution in [0.5, 0.6) is 0 Å². The van der Waals surface area contributed by atoms with Crippen LogP contribution in [-0.2, 0) is 6.61 Å². The fraction of sp³-hybridized carbons (Fsp3) is 0.667. The van der Waals surface area contributed by atoms with Gasteiger partial charge in [-0.25, -0.2) is 4.98 Å². The van der Waals surface area contributed by atoms with Gasteiger partial charge in [0, 0.05) is 13.1 Å². The van der Waals surface area contributed by atoms with Crippen molar-refractivity contribution in [1.82, 2.24) is 9.97 Å². The lowest BCUT2D eigenvalue weighted by atomic mass is 9.98. The molecule has 0 amide bonds. The average molecular weight is 237 g/mol. The largest absolute Gasteiger partial charge is 0.390 e. The fourth-order valence-corrected chi connectivity index (χ4v) is 2.12. The molecular formula is C12H19N3O2. The van der Waals surface area contributed by atoms with E-state index in [0.717, 1.165) is 38.2 Å². The zero-order chi connectivity index (χ0) is 12.3. The summed E-state index contributed by atoms with van der Waals surface area (Å²) < 4.78 is 0. The maximum Gasteiger partial charge on any atom is 0.147 e. The van der Waals surface area contributed by atoms with Crippen molar-refractivity contribution < 1.29 is 10.2 Å². The topological polar surface area (TPSA) is 69.5 Å². The van der Waals surface area contributed by atoms with Crippen molar-refractivity contribution in [2.75, 3.05) is 18.0 Å². The van der Waals surface area contributed by atoms with E-state index in [1.165, 1.54) is 0 Å². The van der Waals surface area contributed by atoms with Gasteiger partial charge in [-0.2, -0.15) is 0 Å². The molecule has 0 radical (unpaired) electrons. The standard InChI is InChI=1S/C12H19N3O2/c1-12(17)3-2-5-15(6-4-12)11-8-13-7-10(9-16)14-11/h7-8,16-17H,2-6,9H2,1H3. The molecule has 2 heterocycles. The predicted molar refractivity (Wildman–Crippen MR) is 64.6 cm³/mol. The molecule has 1 saturated heterocycles. The molecule has 17 heavy (non-hydrogen) atoms. The molecule has 5 nitrogen and oxygen atoms in total. The number of aromatic nitrogens is 2. The van der Waals surface area contributed by atoms with E-state index in [4.69, 9.17) is 5.11 Å². The number of aliphatic hydroxyl groups excluding tert-OH is 1. The predicted octanol–water partition coefficient (Wildman–Crippen LogP) is 0.710. The van der Waals surface area contributed by atoms with Crippen LogP contribution in [0.2, 0.25) is 0 Å². The maximum atomic E-state index is 10.0. The lowest BCUT2D eigenvalue weighted by molar-refractivity contribution is 0.0481. The van der Waals surface area contributed by atoms with Crippen molar-refractivity contribution in [1.29, 1.82) is 0 Å². The van der Waals surface area contributed by atoms with Crippen LogP contribution >= 0.6 is 0 Å². The molecular weight excluding hydrogens is 218 g/mol. The molecule has 5 heteroatoms. The van der Waals surface area contributed by atoms with E-state index in [1.807, 2.05) is 6.92 Å². The first-order valence-electron chi connectivity index (χ1n) is 6.00. The first kappa shape index (κ1) is 12.3. The molecule has 0 aromatic carbocycles. The van der Waals surface area contributed by atoms with Crippen LogP contribution in [0.15, 0.2) is 12.4 Å². The van der Waals surface area contributed by atoms with Crippen LogP contribution in [0.4, 0.5) is 5.82 Å². The van der Waals surface area contributed by atoms with Gasteiger partial charge in [0.05, 0.1) is 30.3 Å². The summed E-state index contributed by atoms with van der Waals surface area (Å²) in [4.78, 5) is 10.5. The highest BCUT2D eigenvalue weighted by Crippen LogP contribution is 2.23. The Hall–Kier alpha value is -1.20. The smallest absolute Gasteiger partial charge is 0.147 e. The van der Waals surface area contributed by atoms with Gasteiger partial charge in [0.15, 0.2) is 0 Å². The van der Waals surface area contributed by atoms with Crippen molar-refractivity contribution in [2.45, 2.75) is 38.4 Å². The third-order valence-corrected chi connectivity index (χ3v) is 3.22. The van der Waals surface area contributed by atoms with Crippen molar-refractivity contribution in [3.05, 3.63) is 18.1 Å². The summed E-state index contributed by atoms with van der Waals surface area (Å²) in [5.41, 5.74) is 0.00930. The molecule has 0 bridgehead atoms. The molecule has 1 unspecified atom stereocenters. The Morgan fingerprint density at radius 2 is 2.18 bits per heavy atom. The highest BCUT2D eigenvalue weighted by atomic mass is 16.3. The Kier molecular flexibility index (Phi) is 3.59. The second-order valence-electron chi connectivity index (χ2n) is 4.86. The van der Waals surface area contributed by atoms with Crippen LogP contribution in [0, 0.1) is 0 Å². The maximum absolute atomic E-state index is 10.0. The first-order chi connectivity index (χ1) is 8.11. The van der Waals surface area contributed by atoms with Crippen molar-refractivity contribution >= 4 is 5.82 Å². The van der Waals surface area contributed by atoms with Gasteiger partial charge in [-0.05, 0) is 26.2 Å². The molecule has 94 valence electrons. The van der Waals surface area contributed by atoms with E-state index in [0.29, 0.717) is 5.69 Å². The molecule has 1 aliphatic heterocycles. The number of nitrogens with zero attached hydrogens (tertiary/aromatic N) is 3. The summed E-state index contributed by atoms with van der Waals surface area (Å²) in [7, 11) is 0. The van der Waals surface area contributed by atoms with Gasteiger partial charge < -0.3 is 15.1 Å². The zero-order valence-electron chi connectivity index (χ0n) is 10.1. The molecule has 0 spiro atoms. The van der Waals surface area contributed by atoms with Crippen LogP contribution in [0.25, 0.3) is 0 Å². The van der Waals surface area contributed by atoms with Gasteiger partial charge in [0.1, 0.15) is 5.82 Å². The van der Waals surface area contributed by atoms with Gasteiger partial charge in [-0.3, -0.25) is 4.98 Å². The molecule has 1 aliphatic rings. The summed E-state index contributed by atoms with van der Waals surface area (Å²) >= 11 is 0. The average Bonchev–Trinajstić information content (AvgIpc) is 2.50. The second kappa shape index (κ2) is 4.98. The van der Waals surface area contributed by atoms with E-state index >= 15 is 0 Å². The Morgan fingerprint density at radius 3 is 2.94 bits per heavy atom. The summed E-state index contributed by atoms with van der Waals surface area (Å²) in [6.07, 6.45) is 5.77. The monoisotopic (exact) mass is 237 g/mol. The summed E-state index contributed by atoms with van der Waals surface area (Å²) in [6, 6.07) is 0. The minimum atomic E-state index is -0.573. The van der Waals surface area contributed by atoms with Gasteiger partial charge in [-0.1, -0.05) is 0 Å². The van der Waals surface area contributed by atoms with Gasteiger partial charge in [-0.15, -0.1) is 0 Å². The summed E-state index contributed by atoms with van der Waals surface area (Å²) in [6.45, 7) is 3.44. The van der Waals surface area contributed by atoms with Crippen molar-refractivity contribution in [3.63, 3.8) is 0 Å². The van der Waals surface area contributed by atoms with E-state index in [2.05, 4.69) is 14.9 Å². The quantitative estimate of drug-likeness (QED) is 0.793. The van der Waals surface area contributed by atoms with E-state index in [-0.39, 0.29) is 6.61 Å². The molecule has 0 aliphatic carbocycles. The third-order valence-electron chi connectivity index (χ3n) is 3.22. The SMILES string of the molecule is CC1(O)CCCN(c2cncc(CO)n2)CC1. The highest BCUT2D eigenvalue weighted by Gasteiger charge is 2.25. The third kappa shape index (κ3) is 3.14. The van der Waals surface area contributed by atoms with Gasteiger partial charge >= 0.3 is 0 Å². The molecule has 1 fully saturated rings. The van der Waals surface area contributed by atoms with Crippen LogP contribution in [0.3, 0.4) is 0 Å². The molecule has 1 atom stereocenters. The lowest BCUT2D eigenvalue weighted by Crippen LogP contribution is -2.29. The number of hydrogen-bond acceptors (Lipinski definition) is 5. The summed E-state index contributed by atoms with van der Waals surface area (Å²) in [5.74, 6) is 0.786. The van der Waals surface area contributed by atoms with Crippen LogP contribution in [0.1, 0.15) is 31.9 Å². The molecule has 2 rings (SSSR count). The van der Waals surface area contributed by atoms with Crippen LogP contribution in [-0.4, -0.2) is 38.9 Å². The highest BCUT2D eigenvalue weighted by molar-refractivity contribution is 5.36. The fourth-order valence-electron chi connectivity index (χ4n) is 2.12. The Balaban J connectivity index is 2.11. The van der Waals surface area contributed by atoms with E-state index in [1.54, 1.807) is 12.4 Å². The number of anilines is 1. The van der Waals surface area contributed by atoms with Gasteiger partial charge in [0.25, 0.3) is 0 Å². The lowest BCUT2D eigenvalue weighted by Gasteiger charge is -2.23. The minimum Gasteiger partial charge on any atom is -0.390 e. The second-order valence-corrected chi connectivity index (χ2v) is 4.86. The molecule has 0 saturated carbocycles. The molecule has 1 aromatic heterocycles. The minimum absolute atomic E-state index is 0.0909. The van der Waals surface area contributed by atoms with E-state index < -0.39 is 5.60 Å². The molecule has 2 N–H and O–H groups in total. The number of aliphatic hydroxyl groups is 2. The van der Waals surface area contributed by atoms with Crippen molar-refractivity contribution in [2.24, 2.45) is 0 Å². The number of rotatable bonds is 2.